The number of nitrogen functional groups attached to an aromatic ring is 1. The Kier molecular flexibility index (Phi) is 4.77. The fourth-order valence-corrected chi connectivity index (χ4v) is 1.77. The van der Waals surface area contributed by atoms with E-state index in [-0.39, 0.29) is 5.82 Å². The molecule has 0 heterocycles. The lowest BCUT2D eigenvalue weighted by Gasteiger charge is -2.11. The van der Waals surface area contributed by atoms with Crippen LogP contribution in [0.15, 0.2) is 42.5 Å². The van der Waals surface area contributed by atoms with E-state index in [1.165, 1.54) is 12.1 Å². The highest BCUT2D eigenvalue weighted by atomic mass is 19.1. The van der Waals surface area contributed by atoms with Crippen LogP contribution in [-0.4, -0.2) is 12.6 Å². The van der Waals surface area contributed by atoms with Crippen LogP contribution in [0.3, 0.4) is 0 Å². The average molecular weight is 288 g/mol. The highest BCUT2D eigenvalue weighted by Gasteiger charge is 2.09. The Morgan fingerprint density at radius 1 is 1.24 bits per heavy atom. The zero-order chi connectivity index (χ0) is 15.2. The van der Waals surface area contributed by atoms with Crippen molar-refractivity contribution in [3.05, 3.63) is 53.8 Å². The number of carbonyl (C=O) groups is 1. The van der Waals surface area contributed by atoms with Gasteiger partial charge in [0.1, 0.15) is 5.82 Å². The van der Waals surface area contributed by atoms with Crippen molar-refractivity contribution < 1.29 is 13.9 Å². The number of hydrogen-bond donors (Lipinski definition) is 2. The van der Waals surface area contributed by atoms with Crippen molar-refractivity contribution in [1.82, 2.24) is 0 Å². The van der Waals surface area contributed by atoms with Crippen molar-refractivity contribution in [2.75, 3.05) is 17.7 Å². The summed E-state index contributed by atoms with van der Waals surface area (Å²) in [6.45, 7) is 2.31. The molecule has 110 valence electrons. The lowest BCUT2D eigenvalue weighted by atomic mass is 10.1. The van der Waals surface area contributed by atoms with E-state index < -0.39 is 5.97 Å². The number of nitrogens with two attached hydrogens (primary N) is 1. The van der Waals surface area contributed by atoms with Gasteiger partial charge in [-0.15, -0.1) is 0 Å². The molecule has 0 saturated heterocycles. The summed E-state index contributed by atoms with van der Waals surface area (Å²) in [5.74, 6) is -0.695. The van der Waals surface area contributed by atoms with Crippen LogP contribution >= 0.6 is 0 Å². The third-order valence-corrected chi connectivity index (χ3v) is 2.85. The molecule has 4 nitrogen and oxygen atoms in total. The first-order chi connectivity index (χ1) is 10.1. The van der Waals surface area contributed by atoms with Gasteiger partial charge < -0.3 is 15.8 Å². The summed E-state index contributed by atoms with van der Waals surface area (Å²) in [6.07, 6.45) is 0.769. The van der Waals surface area contributed by atoms with E-state index in [9.17, 15) is 9.18 Å². The Morgan fingerprint density at radius 3 is 2.57 bits per heavy atom. The normalized spacial score (nSPS) is 10.2. The summed E-state index contributed by atoms with van der Waals surface area (Å²) in [5, 5.41) is 3.06. The van der Waals surface area contributed by atoms with Gasteiger partial charge in [0.2, 0.25) is 0 Å². The molecule has 2 aromatic rings. The standard InChI is InChI=1S/C16H17FN2O2/c1-2-9-21-16(20)11-3-8-15(14(18)10-11)19-13-6-4-12(17)5-7-13/h3-8,10,19H,2,9,18H2,1H3. The summed E-state index contributed by atoms with van der Waals surface area (Å²) >= 11 is 0. The first kappa shape index (κ1) is 14.8. The minimum absolute atomic E-state index is 0.303. The van der Waals surface area contributed by atoms with Crippen molar-refractivity contribution in [2.24, 2.45) is 0 Å². The number of anilines is 3. The first-order valence-corrected chi connectivity index (χ1v) is 6.69. The second kappa shape index (κ2) is 6.74. The third kappa shape index (κ3) is 3.95. The summed E-state index contributed by atoms with van der Waals surface area (Å²) in [4.78, 5) is 11.7. The fraction of sp³-hybridized carbons (Fsp3) is 0.188. The van der Waals surface area contributed by atoms with Gasteiger partial charge in [-0.05, 0) is 48.9 Å². The van der Waals surface area contributed by atoms with Crippen LogP contribution in [0.1, 0.15) is 23.7 Å². The fourth-order valence-electron chi connectivity index (χ4n) is 1.77. The van der Waals surface area contributed by atoms with Crippen LogP contribution in [0.2, 0.25) is 0 Å². The van der Waals surface area contributed by atoms with E-state index >= 15 is 0 Å². The van der Waals surface area contributed by atoms with Crippen molar-refractivity contribution in [1.29, 1.82) is 0 Å². The number of ether oxygens (including phenoxy) is 1. The van der Waals surface area contributed by atoms with E-state index in [1.807, 2.05) is 6.92 Å². The van der Waals surface area contributed by atoms with Crippen LogP contribution in [0.5, 0.6) is 0 Å². The molecule has 0 aromatic heterocycles. The van der Waals surface area contributed by atoms with Gasteiger partial charge in [0.05, 0.1) is 23.5 Å². The van der Waals surface area contributed by atoms with Gasteiger partial charge in [0.15, 0.2) is 0 Å². The van der Waals surface area contributed by atoms with Gasteiger partial charge in [-0.25, -0.2) is 9.18 Å². The lowest BCUT2D eigenvalue weighted by molar-refractivity contribution is 0.0505. The number of rotatable bonds is 5. The molecule has 0 amide bonds. The molecule has 0 radical (unpaired) electrons. The molecule has 0 aliphatic rings. The summed E-state index contributed by atoms with van der Waals surface area (Å²) in [6, 6.07) is 10.8. The molecule has 3 N–H and O–H groups in total. The van der Waals surface area contributed by atoms with E-state index in [1.54, 1.807) is 30.3 Å². The third-order valence-electron chi connectivity index (χ3n) is 2.85. The lowest BCUT2D eigenvalue weighted by Crippen LogP contribution is -2.07. The first-order valence-electron chi connectivity index (χ1n) is 6.69. The van der Waals surface area contributed by atoms with Crippen molar-refractivity contribution in [3.63, 3.8) is 0 Å². The highest BCUT2D eigenvalue weighted by Crippen LogP contribution is 2.24. The zero-order valence-corrected chi connectivity index (χ0v) is 11.7. The van der Waals surface area contributed by atoms with Gasteiger partial charge >= 0.3 is 5.97 Å². The molecule has 0 bridgehead atoms. The van der Waals surface area contributed by atoms with E-state index in [0.717, 1.165) is 6.42 Å². The number of halogens is 1. The summed E-state index contributed by atoms with van der Waals surface area (Å²) < 4.78 is 17.9. The molecule has 0 fully saturated rings. The topological polar surface area (TPSA) is 64.3 Å². The molecule has 0 atom stereocenters. The molecule has 0 saturated carbocycles. The maximum atomic E-state index is 12.8. The second-order valence-corrected chi connectivity index (χ2v) is 4.57. The Morgan fingerprint density at radius 2 is 1.95 bits per heavy atom. The zero-order valence-electron chi connectivity index (χ0n) is 11.7. The molecule has 21 heavy (non-hydrogen) atoms. The minimum atomic E-state index is -0.392. The largest absolute Gasteiger partial charge is 0.462 e. The molecular weight excluding hydrogens is 271 g/mol. The summed E-state index contributed by atoms with van der Waals surface area (Å²) in [7, 11) is 0. The molecule has 0 unspecified atom stereocenters. The molecule has 0 spiro atoms. The molecule has 0 aliphatic heterocycles. The van der Waals surface area contributed by atoms with Gasteiger partial charge in [0, 0.05) is 5.69 Å². The Balaban J connectivity index is 2.12. The Labute approximate surface area is 122 Å². The smallest absolute Gasteiger partial charge is 0.338 e. The predicted octanol–water partition coefficient (Wildman–Crippen LogP) is 3.72. The van der Waals surface area contributed by atoms with E-state index in [0.29, 0.717) is 29.2 Å². The van der Waals surface area contributed by atoms with Crippen LogP contribution < -0.4 is 11.1 Å². The SMILES string of the molecule is CCCOC(=O)c1ccc(Nc2ccc(F)cc2)c(N)c1. The number of esters is 1. The van der Waals surface area contributed by atoms with E-state index in [2.05, 4.69) is 5.32 Å². The summed E-state index contributed by atoms with van der Waals surface area (Å²) in [5.41, 5.74) is 8.11. The van der Waals surface area contributed by atoms with Crippen LogP contribution in [0, 0.1) is 5.82 Å². The molecular formula is C16H17FN2O2. The molecule has 5 heteroatoms. The van der Waals surface area contributed by atoms with Gasteiger partial charge in [0.25, 0.3) is 0 Å². The highest BCUT2D eigenvalue weighted by molar-refractivity contribution is 5.92. The molecule has 0 aliphatic carbocycles. The van der Waals surface area contributed by atoms with Crippen LogP contribution in [0.25, 0.3) is 0 Å². The number of carbonyl (C=O) groups excluding carboxylic acids is 1. The minimum Gasteiger partial charge on any atom is -0.462 e. The van der Waals surface area contributed by atoms with Crippen LogP contribution in [0.4, 0.5) is 21.5 Å². The molecule has 2 aromatic carbocycles. The number of hydrogen-bond acceptors (Lipinski definition) is 4. The maximum Gasteiger partial charge on any atom is 0.338 e. The number of benzene rings is 2. The predicted molar refractivity (Wildman–Crippen MR) is 81.1 cm³/mol. The number of nitrogens with one attached hydrogen (secondary N) is 1. The molecule has 2 rings (SSSR count). The second-order valence-electron chi connectivity index (χ2n) is 4.57. The maximum absolute atomic E-state index is 12.8. The van der Waals surface area contributed by atoms with Gasteiger partial charge in [-0.3, -0.25) is 0 Å². The monoisotopic (exact) mass is 288 g/mol. The van der Waals surface area contributed by atoms with Crippen molar-refractivity contribution in [2.45, 2.75) is 13.3 Å². The van der Waals surface area contributed by atoms with E-state index in [4.69, 9.17) is 10.5 Å². The Hall–Kier alpha value is -2.56. The van der Waals surface area contributed by atoms with Crippen molar-refractivity contribution >= 4 is 23.0 Å². The Bertz CT molecular complexity index is 627. The van der Waals surface area contributed by atoms with Crippen LogP contribution in [-0.2, 0) is 4.74 Å². The van der Waals surface area contributed by atoms with Crippen molar-refractivity contribution in [3.8, 4) is 0 Å². The quantitative estimate of drug-likeness (QED) is 0.650. The average Bonchev–Trinajstić information content (AvgIpc) is 2.49. The van der Waals surface area contributed by atoms with Gasteiger partial charge in [-0.2, -0.15) is 0 Å². The van der Waals surface area contributed by atoms with Gasteiger partial charge in [-0.1, -0.05) is 6.92 Å².